The number of esters is 1. The maximum Gasteiger partial charge on any atom is 0.335 e. The Morgan fingerprint density at radius 1 is 1.40 bits per heavy atom. The fraction of sp³-hybridized carbons (Fsp3) is 0.444. The quantitative estimate of drug-likeness (QED) is 0.702. The second-order valence-electron chi connectivity index (χ2n) is 5.55. The van der Waals surface area contributed by atoms with Gasteiger partial charge in [-0.2, -0.15) is 0 Å². The first-order valence-corrected chi connectivity index (χ1v) is 9.13. The maximum absolute atomic E-state index is 11.9. The minimum Gasteiger partial charge on any atom is -0.493 e. The summed E-state index contributed by atoms with van der Waals surface area (Å²) in [6.45, 7) is 3.29. The molecule has 1 aliphatic heterocycles. The minimum atomic E-state index is -0.423. The maximum atomic E-state index is 11.9. The highest BCUT2D eigenvalue weighted by Gasteiger charge is 2.25. The zero-order chi connectivity index (χ0) is 17.6. The molecule has 0 aliphatic carbocycles. The summed E-state index contributed by atoms with van der Waals surface area (Å²) in [6, 6.07) is 5.71. The Morgan fingerprint density at radius 2 is 2.28 bits per heavy atom. The van der Waals surface area contributed by atoms with Gasteiger partial charge in [0.1, 0.15) is 11.6 Å². The van der Waals surface area contributed by atoms with E-state index >= 15 is 0 Å². The molecule has 1 atom stereocenters. The van der Waals surface area contributed by atoms with Gasteiger partial charge in [0.25, 0.3) is 0 Å². The summed E-state index contributed by atoms with van der Waals surface area (Å²) in [6.07, 6.45) is 1.21. The SMILES string of the molecule is CCOc1ccc(-c2nc(COC(=O)[C@H]3CCCO3)cs2)cc1OC. The summed E-state index contributed by atoms with van der Waals surface area (Å²) in [5.74, 6) is 1.06. The van der Waals surface area contributed by atoms with Gasteiger partial charge in [0.15, 0.2) is 17.6 Å². The average Bonchev–Trinajstić information content (AvgIpc) is 3.32. The highest BCUT2D eigenvalue weighted by atomic mass is 32.1. The molecule has 1 aromatic heterocycles. The molecule has 1 saturated heterocycles. The predicted octanol–water partition coefficient (Wildman–Crippen LogP) is 3.44. The number of rotatable bonds is 7. The van der Waals surface area contributed by atoms with Crippen molar-refractivity contribution in [2.45, 2.75) is 32.5 Å². The van der Waals surface area contributed by atoms with E-state index in [9.17, 15) is 4.79 Å². The zero-order valence-electron chi connectivity index (χ0n) is 14.3. The lowest BCUT2D eigenvalue weighted by Crippen LogP contribution is -2.22. The van der Waals surface area contributed by atoms with Gasteiger partial charge in [0.05, 0.1) is 19.4 Å². The molecule has 0 bridgehead atoms. The van der Waals surface area contributed by atoms with Crippen LogP contribution in [0.25, 0.3) is 10.6 Å². The summed E-state index contributed by atoms with van der Waals surface area (Å²) in [5, 5.41) is 2.73. The van der Waals surface area contributed by atoms with Crippen molar-refractivity contribution in [3.63, 3.8) is 0 Å². The molecule has 0 saturated carbocycles. The Bertz CT molecular complexity index is 724. The summed E-state index contributed by atoms with van der Waals surface area (Å²) in [4.78, 5) is 16.4. The molecule has 134 valence electrons. The molecule has 0 N–H and O–H groups in total. The number of hydrogen-bond acceptors (Lipinski definition) is 7. The van der Waals surface area contributed by atoms with Crippen LogP contribution in [0, 0.1) is 0 Å². The number of carbonyl (C=O) groups is 1. The molecule has 7 heteroatoms. The number of methoxy groups -OCH3 is 1. The third-order valence-corrected chi connectivity index (χ3v) is 4.76. The highest BCUT2D eigenvalue weighted by molar-refractivity contribution is 7.13. The fourth-order valence-corrected chi connectivity index (χ4v) is 3.38. The topological polar surface area (TPSA) is 66.9 Å². The molecular weight excluding hydrogens is 342 g/mol. The lowest BCUT2D eigenvalue weighted by atomic mass is 10.2. The molecule has 1 aliphatic rings. The molecule has 0 spiro atoms. The number of thiazole rings is 1. The molecule has 1 fully saturated rings. The molecule has 6 nitrogen and oxygen atoms in total. The Hall–Kier alpha value is -2.12. The third kappa shape index (κ3) is 4.29. The number of nitrogens with zero attached hydrogens (tertiary/aromatic N) is 1. The molecule has 1 aromatic carbocycles. The highest BCUT2D eigenvalue weighted by Crippen LogP contribution is 2.33. The van der Waals surface area contributed by atoms with Crippen LogP contribution >= 0.6 is 11.3 Å². The molecule has 0 unspecified atom stereocenters. The van der Waals surface area contributed by atoms with E-state index in [1.807, 2.05) is 30.5 Å². The molecule has 2 heterocycles. The van der Waals surface area contributed by atoms with Crippen molar-refractivity contribution in [2.24, 2.45) is 0 Å². The number of hydrogen-bond donors (Lipinski definition) is 0. The van der Waals surface area contributed by atoms with E-state index < -0.39 is 6.10 Å². The van der Waals surface area contributed by atoms with Gasteiger partial charge in [-0.05, 0) is 38.0 Å². The van der Waals surface area contributed by atoms with Gasteiger partial charge >= 0.3 is 5.97 Å². The Balaban J connectivity index is 1.65. The lowest BCUT2D eigenvalue weighted by molar-refractivity contribution is -0.155. The molecule has 0 radical (unpaired) electrons. The fourth-order valence-electron chi connectivity index (χ4n) is 2.58. The second kappa shape index (κ2) is 8.31. The largest absolute Gasteiger partial charge is 0.493 e. The number of carbonyl (C=O) groups excluding carboxylic acids is 1. The minimum absolute atomic E-state index is 0.156. The van der Waals surface area contributed by atoms with E-state index in [1.165, 1.54) is 11.3 Å². The van der Waals surface area contributed by atoms with Crippen molar-refractivity contribution in [2.75, 3.05) is 20.3 Å². The first-order valence-electron chi connectivity index (χ1n) is 8.25. The molecule has 2 aromatic rings. The standard InChI is InChI=1S/C18H21NO5S/c1-3-22-14-7-6-12(9-16(14)21-2)17-19-13(11-25-17)10-24-18(20)15-5-4-8-23-15/h6-7,9,11,15H,3-5,8,10H2,1-2H3/t15-/m1/s1. The van der Waals surface area contributed by atoms with E-state index in [2.05, 4.69) is 4.98 Å². The first-order chi connectivity index (χ1) is 12.2. The van der Waals surface area contributed by atoms with Gasteiger partial charge in [-0.1, -0.05) is 0 Å². The van der Waals surface area contributed by atoms with Crippen molar-refractivity contribution in [3.8, 4) is 22.1 Å². The predicted molar refractivity (Wildman–Crippen MR) is 94.0 cm³/mol. The Kier molecular flexibility index (Phi) is 5.88. The van der Waals surface area contributed by atoms with Crippen LogP contribution < -0.4 is 9.47 Å². The Labute approximate surface area is 150 Å². The van der Waals surface area contributed by atoms with Gasteiger partial charge in [-0.15, -0.1) is 11.3 Å². The smallest absolute Gasteiger partial charge is 0.335 e. The van der Waals surface area contributed by atoms with Crippen LogP contribution in [0.15, 0.2) is 23.6 Å². The van der Waals surface area contributed by atoms with E-state index in [4.69, 9.17) is 18.9 Å². The van der Waals surface area contributed by atoms with Crippen LogP contribution in [0.2, 0.25) is 0 Å². The van der Waals surface area contributed by atoms with E-state index in [0.717, 1.165) is 29.1 Å². The molecular formula is C18H21NO5S. The average molecular weight is 363 g/mol. The normalized spacial score (nSPS) is 16.6. The van der Waals surface area contributed by atoms with Gasteiger partial charge in [0, 0.05) is 17.6 Å². The van der Waals surface area contributed by atoms with Crippen molar-refractivity contribution in [3.05, 3.63) is 29.3 Å². The van der Waals surface area contributed by atoms with Crippen LogP contribution in [-0.4, -0.2) is 37.4 Å². The lowest BCUT2D eigenvalue weighted by Gasteiger charge is -2.10. The van der Waals surface area contributed by atoms with Crippen LogP contribution in [0.1, 0.15) is 25.5 Å². The molecule has 0 amide bonds. The number of aromatic nitrogens is 1. The van der Waals surface area contributed by atoms with Gasteiger partial charge < -0.3 is 18.9 Å². The Morgan fingerprint density at radius 3 is 3.00 bits per heavy atom. The van der Waals surface area contributed by atoms with Crippen LogP contribution in [0.3, 0.4) is 0 Å². The number of benzene rings is 1. The van der Waals surface area contributed by atoms with Crippen molar-refractivity contribution in [1.29, 1.82) is 0 Å². The summed E-state index contributed by atoms with van der Waals surface area (Å²) in [7, 11) is 1.61. The van der Waals surface area contributed by atoms with Crippen molar-refractivity contribution < 1.29 is 23.7 Å². The third-order valence-electron chi connectivity index (χ3n) is 3.82. The molecule has 3 rings (SSSR count). The van der Waals surface area contributed by atoms with Crippen molar-refractivity contribution in [1.82, 2.24) is 4.98 Å². The first kappa shape index (κ1) is 17.7. The monoisotopic (exact) mass is 363 g/mol. The van der Waals surface area contributed by atoms with Crippen LogP contribution in [0.4, 0.5) is 0 Å². The number of ether oxygens (including phenoxy) is 4. The summed E-state index contributed by atoms with van der Waals surface area (Å²) >= 11 is 1.49. The van der Waals surface area contributed by atoms with Gasteiger partial charge in [-0.25, -0.2) is 9.78 Å². The zero-order valence-corrected chi connectivity index (χ0v) is 15.1. The summed E-state index contributed by atoms with van der Waals surface area (Å²) < 4.78 is 21.5. The second-order valence-corrected chi connectivity index (χ2v) is 6.41. The van der Waals surface area contributed by atoms with Crippen molar-refractivity contribution >= 4 is 17.3 Å². The summed E-state index contributed by atoms with van der Waals surface area (Å²) in [5.41, 5.74) is 1.65. The van der Waals surface area contributed by atoms with Crippen LogP contribution in [-0.2, 0) is 20.9 Å². The van der Waals surface area contributed by atoms with Crippen LogP contribution in [0.5, 0.6) is 11.5 Å². The van der Waals surface area contributed by atoms with Gasteiger partial charge in [-0.3, -0.25) is 0 Å². The molecule has 25 heavy (non-hydrogen) atoms. The van der Waals surface area contributed by atoms with E-state index in [1.54, 1.807) is 7.11 Å². The van der Waals surface area contributed by atoms with E-state index in [0.29, 0.717) is 24.7 Å². The van der Waals surface area contributed by atoms with Gasteiger partial charge in [0.2, 0.25) is 0 Å². The van der Waals surface area contributed by atoms with E-state index in [-0.39, 0.29) is 12.6 Å².